The first-order valence-electron chi connectivity index (χ1n) is 4.05. The molecule has 0 bridgehead atoms. The Morgan fingerprint density at radius 1 is 1.46 bits per heavy atom. The van der Waals surface area contributed by atoms with E-state index in [1.54, 1.807) is 24.3 Å². The predicted octanol–water partition coefficient (Wildman–Crippen LogP) is 1.53. The number of aldehydes is 1. The zero-order valence-electron chi connectivity index (χ0n) is 7.46. The van der Waals surface area contributed by atoms with Crippen LogP contribution in [0.25, 0.3) is 0 Å². The van der Waals surface area contributed by atoms with Gasteiger partial charge < -0.3 is 5.73 Å². The lowest BCUT2D eigenvalue weighted by Gasteiger charge is -2.12. The van der Waals surface area contributed by atoms with Gasteiger partial charge in [-0.15, -0.1) is 0 Å². The van der Waals surface area contributed by atoms with Crippen molar-refractivity contribution in [2.45, 2.75) is 19.1 Å². The molecule has 0 aliphatic rings. The van der Waals surface area contributed by atoms with Crippen LogP contribution in [0.1, 0.15) is 18.1 Å². The summed E-state index contributed by atoms with van der Waals surface area (Å²) in [7, 11) is 0. The molecule has 0 aromatic heterocycles. The van der Waals surface area contributed by atoms with Crippen LogP contribution < -0.4 is 5.73 Å². The van der Waals surface area contributed by atoms with Gasteiger partial charge in [-0.1, -0.05) is 24.3 Å². The number of rotatable bonds is 3. The van der Waals surface area contributed by atoms with Gasteiger partial charge in [-0.2, -0.15) is 0 Å². The van der Waals surface area contributed by atoms with E-state index in [0.717, 1.165) is 5.56 Å². The molecule has 0 fully saturated rings. The van der Waals surface area contributed by atoms with Crippen LogP contribution in [0.5, 0.6) is 0 Å². The van der Waals surface area contributed by atoms with Crippen LogP contribution in [-0.4, -0.2) is 6.29 Å². The Hall–Kier alpha value is -1.22. The molecule has 2 nitrogen and oxygen atoms in total. The van der Waals surface area contributed by atoms with Crippen LogP contribution in [0.3, 0.4) is 0 Å². The number of alkyl halides is 1. The molecule has 0 radical (unpaired) electrons. The SMILES string of the molecule is CC(F)(C=O)c1ccc(CN)cc1. The predicted molar refractivity (Wildman–Crippen MR) is 48.9 cm³/mol. The fourth-order valence-electron chi connectivity index (χ4n) is 1.03. The minimum absolute atomic E-state index is 0.296. The second-order valence-electron chi connectivity index (χ2n) is 3.09. The summed E-state index contributed by atoms with van der Waals surface area (Å²) in [6.45, 7) is 1.65. The summed E-state index contributed by atoms with van der Waals surface area (Å²) < 4.78 is 13.4. The molecule has 2 N–H and O–H groups in total. The standard InChI is InChI=1S/C10H12FNO/c1-10(11,7-13)9-4-2-8(6-12)3-5-9/h2-5,7H,6,12H2,1H3. The Labute approximate surface area is 76.6 Å². The summed E-state index contributed by atoms with van der Waals surface area (Å²) >= 11 is 0. The number of hydrogen-bond donors (Lipinski definition) is 1. The van der Waals surface area contributed by atoms with Gasteiger partial charge in [-0.05, 0) is 18.1 Å². The third-order valence-electron chi connectivity index (χ3n) is 1.98. The van der Waals surface area contributed by atoms with Crippen LogP contribution in [-0.2, 0) is 17.0 Å². The lowest BCUT2D eigenvalue weighted by Crippen LogP contribution is -2.16. The highest BCUT2D eigenvalue weighted by Crippen LogP contribution is 2.22. The van der Waals surface area contributed by atoms with E-state index >= 15 is 0 Å². The number of nitrogens with two attached hydrogens (primary N) is 1. The summed E-state index contributed by atoms with van der Waals surface area (Å²) in [5.74, 6) is 0. The lowest BCUT2D eigenvalue weighted by molar-refractivity contribution is -0.117. The average molecular weight is 181 g/mol. The highest BCUT2D eigenvalue weighted by atomic mass is 19.1. The zero-order chi connectivity index (χ0) is 9.90. The van der Waals surface area contributed by atoms with Gasteiger partial charge >= 0.3 is 0 Å². The minimum Gasteiger partial charge on any atom is -0.326 e. The van der Waals surface area contributed by atoms with Crippen molar-refractivity contribution in [1.82, 2.24) is 0 Å². The maximum Gasteiger partial charge on any atom is 0.187 e. The molecule has 1 rings (SSSR count). The van der Waals surface area contributed by atoms with Crippen molar-refractivity contribution >= 4 is 6.29 Å². The summed E-state index contributed by atoms with van der Waals surface area (Å²) in [5, 5.41) is 0. The van der Waals surface area contributed by atoms with E-state index in [-0.39, 0.29) is 0 Å². The maximum absolute atomic E-state index is 13.4. The van der Waals surface area contributed by atoms with Crippen LogP contribution in [0.4, 0.5) is 4.39 Å². The molecule has 0 aliphatic carbocycles. The molecule has 3 heteroatoms. The van der Waals surface area contributed by atoms with E-state index in [4.69, 9.17) is 5.73 Å². The summed E-state index contributed by atoms with van der Waals surface area (Å²) in [6, 6.07) is 6.60. The summed E-state index contributed by atoms with van der Waals surface area (Å²) in [5.41, 5.74) is 4.76. The van der Waals surface area contributed by atoms with Crippen LogP contribution in [0, 0.1) is 0 Å². The fraction of sp³-hybridized carbons (Fsp3) is 0.300. The van der Waals surface area contributed by atoms with Crippen molar-refractivity contribution < 1.29 is 9.18 Å². The largest absolute Gasteiger partial charge is 0.326 e. The van der Waals surface area contributed by atoms with Crippen molar-refractivity contribution in [3.63, 3.8) is 0 Å². The van der Waals surface area contributed by atoms with Crippen molar-refractivity contribution in [1.29, 1.82) is 0 Å². The Morgan fingerprint density at radius 3 is 2.38 bits per heavy atom. The molecule has 13 heavy (non-hydrogen) atoms. The van der Waals surface area contributed by atoms with Gasteiger partial charge in [0.2, 0.25) is 0 Å². The van der Waals surface area contributed by atoms with Gasteiger partial charge in [-0.25, -0.2) is 4.39 Å². The third kappa shape index (κ3) is 2.12. The van der Waals surface area contributed by atoms with E-state index < -0.39 is 5.67 Å². The molecule has 1 unspecified atom stereocenters. The van der Waals surface area contributed by atoms with E-state index in [0.29, 0.717) is 18.4 Å². The lowest BCUT2D eigenvalue weighted by atomic mass is 9.98. The van der Waals surface area contributed by atoms with Crippen LogP contribution >= 0.6 is 0 Å². The zero-order valence-corrected chi connectivity index (χ0v) is 7.46. The first kappa shape index (κ1) is 9.86. The van der Waals surface area contributed by atoms with Crippen molar-refractivity contribution in [2.24, 2.45) is 5.73 Å². The quantitative estimate of drug-likeness (QED) is 0.718. The Kier molecular flexibility index (Phi) is 2.78. The van der Waals surface area contributed by atoms with E-state index in [2.05, 4.69) is 0 Å². The smallest absolute Gasteiger partial charge is 0.187 e. The monoisotopic (exact) mass is 181 g/mol. The van der Waals surface area contributed by atoms with Gasteiger partial charge in [0.05, 0.1) is 0 Å². The number of carbonyl (C=O) groups excluding carboxylic acids is 1. The second kappa shape index (κ2) is 3.66. The van der Waals surface area contributed by atoms with E-state index in [1.165, 1.54) is 6.92 Å². The van der Waals surface area contributed by atoms with Crippen LogP contribution in [0.15, 0.2) is 24.3 Å². The summed E-state index contributed by atoms with van der Waals surface area (Å²) in [6.07, 6.45) is 0.296. The van der Waals surface area contributed by atoms with Crippen molar-refractivity contribution in [3.05, 3.63) is 35.4 Å². The van der Waals surface area contributed by atoms with Gasteiger partial charge in [0.25, 0.3) is 0 Å². The molecule has 0 saturated heterocycles. The van der Waals surface area contributed by atoms with Crippen molar-refractivity contribution in [3.8, 4) is 0 Å². The number of hydrogen-bond acceptors (Lipinski definition) is 2. The average Bonchev–Trinajstić information content (AvgIpc) is 2.18. The highest BCUT2D eigenvalue weighted by molar-refractivity contribution is 5.65. The maximum atomic E-state index is 13.4. The second-order valence-corrected chi connectivity index (χ2v) is 3.09. The normalized spacial score (nSPS) is 15.0. The third-order valence-corrected chi connectivity index (χ3v) is 1.98. The molecule has 0 aliphatic heterocycles. The molecular weight excluding hydrogens is 169 g/mol. The first-order chi connectivity index (χ1) is 6.10. The molecule has 1 atom stereocenters. The number of benzene rings is 1. The molecule has 1 aromatic carbocycles. The number of halogens is 1. The van der Waals surface area contributed by atoms with Gasteiger partial charge in [0, 0.05) is 6.54 Å². The van der Waals surface area contributed by atoms with Crippen LogP contribution in [0.2, 0.25) is 0 Å². The Morgan fingerprint density at radius 2 is 2.00 bits per heavy atom. The highest BCUT2D eigenvalue weighted by Gasteiger charge is 2.24. The fourth-order valence-corrected chi connectivity index (χ4v) is 1.03. The Bertz CT molecular complexity index is 292. The molecule has 0 amide bonds. The number of carbonyl (C=O) groups is 1. The van der Waals surface area contributed by atoms with E-state index in [9.17, 15) is 9.18 Å². The molecule has 0 spiro atoms. The molecule has 0 saturated carbocycles. The first-order valence-corrected chi connectivity index (χ1v) is 4.05. The topological polar surface area (TPSA) is 43.1 Å². The molecular formula is C10H12FNO. The van der Waals surface area contributed by atoms with E-state index in [1.807, 2.05) is 0 Å². The van der Waals surface area contributed by atoms with Gasteiger partial charge in [-0.3, -0.25) is 4.79 Å². The van der Waals surface area contributed by atoms with Gasteiger partial charge in [0.15, 0.2) is 12.0 Å². The molecule has 1 aromatic rings. The summed E-state index contributed by atoms with van der Waals surface area (Å²) in [4.78, 5) is 10.4. The van der Waals surface area contributed by atoms with Gasteiger partial charge in [0.1, 0.15) is 0 Å². The van der Waals surface area contributed by atoms with Crippen molar-refractivity contribution in [2.75, 3.05) is 0 Å². The molecule has 0 heterocycles. The minimum atomic E-state index is -1.90. The Balaban J connectivity index is 2.98. The molecule has 70 valence electrons.